The van der Waals surface area contributed by atoms with Crippen LogP contribution in [0.25, 0.3) is 23.0 Å². The SMILES string of the molecule is Cc1ccc(-c2nc(-c3ccc(=O)n(Cc4ccc(C#N)nc4)n3)no2)cn1. The van der Waals surface area contributed by atoms with E-state index < -0.39 is 0 Å². The average Bonchev–Trinajstić information content (AvgIpc) is 3.21. The fraction of sp³-hybridized carbons (Fsp3) is 0.105. The molecule has 0 amide bonds. The molecule has 0 spiro atoms. The van der Waals surface area contributed by atoms with E-state index in [2.05, 4.69) is 25.2 Å². The largest absolute Gasteiger partial charge is 0.333 e. The van der Waals surface area contributed by atoms with E-state index in [1.54, 1.807) is 18.3 Å². The highest BCUT2D eigenvalue weighted by molar-refractivity contribution is 5.56. The average molecular weight is 371 g/mol. The summed E-state index contributed by atoms with van der Waals surface area (Å²) in [5.41, 5.74) is 2.75. The molecule has 0 aliphatic heterocycles. The summed E-state index contributed by atoms with van der Waals surface area (Å²) in [6.07, 6.45) is 3.19. The Kier molecular flexibility index (Phi) is 4.43. The van der Waals surface area contributed by atoms with E-state index in [-0.39, 0.29) is 17.9 Å². The summed E-state index contributed by atoms with van der Waals surface area (Å²) >= 11 is 0. The summed E-state index contributed by atoms with van der Waals surface area (Å²) in [5, 5.41) is 17.1. The van der Waals surface area contributed by atoms with Gasteiger partial charge in [-0.3, -0.25) is 9.78 Å². The second-order valence-corrected chi connectivity index (χ2v) is 5.99. The van der Waals surface area contributed by atoms with Gasteiger partial charge >= 0.3 is 0 Å². The highest BCUT2D eigenvalue weighted by Crippen LogP contribution is 2.20. The van der Waals surface area contributed by atoms with E-state index in [0.717, 1.165) is 11.3 Å². The van der Waals surface area contributed by atoms with Crippen LogP contribution in [0.15, 0.2) is 58.1 Å². The molecule has 0 aliphatic carbocycles. The van der Waals surface area contributed by atoms with Crippen molar-refractivity contribution in [1.82, 2.24) is 29.9 Å². The van der Waals surface area contributed by atoms with Gasteiger partial charge in [0.15, 0.2) is 0 Å². The maximum absolute atomic E-state index is 12.1. The molecular formula is C19H13N7O2. The predicted octanol–water partition coefficient (Wildman–Crippen LogP) is 1.98. The Morgan fingerprint density at radius 1 is 1.11 bits per heavy atom. The van der Waals surface area contributed by atoms with Crippen LogP contribution in [0.4, 0.5) is 0 Å². The molecule has 4 aromatic rings. The Labute approximate surface area is 158 Å². The first-order valence-electron chi connectivity index (χ1n) is 8.33. The van der Waals surface area contributed by atoms with Gasteiger partial charge in [-0.2, -0.15) is 15.3 Å². The minimum Gasteiger partial charge on any atom is -0.333 e. The van der Waals surface area contributed by atoms with Crippen LogP contribution in [0.3, 0.4) is 0 Å². The monoisotopic (exact) mass is 371 g/mol. The molecule has 0 fully saturated rings. The quantitative estimate of drug-likeness (QED) is 0.533. The van der Waals surface area contributed by atoms with Gasteiger partial charge in [0.05, 0.1) is 12.1 Å². The Morgan fingerprint density at radius 2 is 2.00 bits per heavy atom. The summed E-state index contributed by atoms with van der Waals surface area (Å²) in [5.74, 6) is 0.584. The van der Waals surface area contributed by atoms with Gasteiger partial charge in [-0.1, -0.05) is 11.2 Å². The molecule has 0 bridgehead atoms. The summed E-state index contributed by atoms with van der Waals surface area (Å²) in [6, 6.07) is 11.9. The summed E-state index contributed by atoms with van der Waals surface area (Å²) in [6.45, 7) is 2.09. The molecule has 0 unspecified atom stereocenters. The van der Waals surface area contributed by atoms with Gasteiger partial charge in [0, 0.05) is 24.2 Å². The van der Waals surface area contributed by atoms with Crippen LogP contribution in [0, 0.1) is 18.3 Å². The maximum atomic E-state index is 12.1. The summed E-state index contributed by atoms with van der Waals surface area (Å²) in [4.78, 5) is 24.7. The number of pyridine rings is 2. The molecule has 4 heterocycles. The summed E-state index contributed by atoms with van der Waals surface area (Å²) < 4.78 is 6.57. The number of hydrogen-bond acceptors (Lipinski definition) is 8. The van der Waals surface area contributed by atoms with Crippen molar-refractivity contribution < 1.29 is 4.52 Å². The third-order valence-corrected chi connectivity index (χ3v) is 3.95. The Balaban J connectivity index is 1.62. The molecular weight excluding hydrogens is 358 g/mol. The topological polar surface area (TPSA) is 123 Å². The number of aromatic nitrogens is 6. The van der Waals surface area contributed by atoms with Gasteiger partial charge in [-0.25, -0.2) is 9.67 Å². The van der Waals surface area contributed by atoms with Gasteiger partial charge in [-0.15, -0.1) is 0 Å². The molecule has 0 saturated carbocycles. The first-order chi connectivity index (χ1) is 13.6. The molecule has 0 radical (unpaired) electrons. The fourth-order valence-corrected chi connectivity index (χ4v) is 2.48. The Bertz CT molecular complexity index is 1220. The molecule has 0 aliphatic rings. The van der Waals surface area contributed by atoms with E-state index in [1.165, 1.54) is 23.0 Å². The van der Waals surface area contributed by atoms with Crippen LogP contribution >= 0.6 is 0 Å². The van der Waals surface area contributed by atoms with Gasteiger partial charge in [-0.05, 0) is 36.8 Å². The number of hydrogen-bond donors (Lipinski definition) is 0. The van der Waals surface area contributed by atoms with Gasteiger partial charge in [0.25, 0.3) is 11.4 Å². The maximum Gasteiger partial charge on any atom is 0.267 e. The van der Waals surface area contributed by atoms with Crippen LogP contribution in [0.2, 0.25) is 0 Å². The third-order valence-electron chi connectivity index (χ3n) is 3.95. The molecule has 0 N–H and O–H groups in total. The van der Waals surface area contributed by atoms with Crippen molar-refractivity contribution in [3.8, 4) is 29.0 Å². The van der Waals surface area contributed by atoms with Gasteiger partial charge in [0.1, 0.15) is 17.5 Å². The first-order valence-corrected chi connectivity index (χ1v) is 8.33. The summed E-state index contributed by atoms with van der Waals surface area (Å²) in [7, 11) is 0. The van der Waals surface area contributed by atoms with E-state index in [1.807, 2.05) is 25.1 Å². The zero-order chi connectivity index (χ0) is 19.5. The lowest BCUT2D eigenvalue weighted by Gasteiger charge is -2.05. The van der Waals surface area contributed by atoms with Crippen molar-refractivity contribution in [2.45, 2.75) is 13.5 Å². The molecule has 136 valence electrons. The van der Waals surface area contributed by atoms with Crippen LogP contribution < -0.4 is 5.56 Å². The van der Waals surface area contributed by atoms with Crippen LogP contribution in [-0.4, -0.2) is 29.9 Å². The Hall–Kier alpha value is -4.19. The van der Waals surface area contributed by atoms with E-state index in [4.69, 9.17) is 9.78 Å². The molecule has 28 heavy (non-hydrogen) atoms. The second kappa shape index (κ2) is 7.20. The van der Waals surface area contributed by atoms with Crippen molar-refractivity contribution in [3.05, 3.63) is 76.1 Å². The zero-order valence-corrected chi connectivity index (χ0v) is 14.8. The van der Waals surface area contributed by atoms with E-state index in [9.17, 15) is 4.79 Å². The van der Waals surface area contributed by atoms with Crippen molar-refractivity contribution in [2.24, 2.45) is 0 Å². The van der Waals surface area contributed by atoms with E-state index >= 15 is 0 Å². The number of aryl methyl sites for hydroxylation is 1. The molecule has 4 aromatic heterocycles. The van der Waals surface area contributed by atoms with Crippen molar-refractivity contribution in [2.75, 3.05) is 0 Å². The lowest BCUT2D eigenvalue weighted by molar-refractivity contribution is 0.431. The minimum atomic E-state index is -0.278. The molecule has 0 saturated heterocycles. The normalized spacial score (nSPS) is 10.6. The fourth-order valence-electron chi connectivity index (χ4n) is 2.48. The van der Waals surface area contributed by atoms with Crippen molar-refractivity contribution >= 4 is 0 Å². The lowest BCUT2D eigenvalue weighted by Crippen LogP contribution is -2.23. The zero-order valence-electron chi connectivity index (χ0n) is 14.8. The van der Waals surface area contributed by atoms with Crippen LogP contribution in [-0.2, 0) is 6.54 Å². The molecule has 0 aromatic carbocycles. The standard InChI is InChI=1S/C19H13N7O2/c1-12-2-4-14(10-21-12)19-23-18(25-28-19)16-6-7-17(27)26(24-16)11-13-3-5-15(8-20)22-9-13/h2-7,9-10H,11H2,1H3. The minimum absolute atomic E-state index is 0.206. The molecule has 9 nitrogen and oxygen atoms in total. The Morgan fingerprint density at radius 3 is 2.71 bits per heavy atom. The molecule has 9 heteroatoms. The highest BCUT2D eigenvalue weighted by Gasteiger charge is 2.13. The third kappa shape index (κ3) is 3.52. The predicted molar refractivity (Wildman–Crippen MR) is 97.8 cm³/mol. The van der Waals surface area contributed by atoms with Gasteiger partial charge < -0.3 is 4.52 Å². The smallest absolute Gasteiger partial charge is 0.267 e. The van der Waals surface area contributed by atoms with Crippen molar-refractivity contribution in [1.29, 1.82) is 5.26 Å². The van der Waals surface area contributed by atoms with E-state index in [0.29, 0.717) is 22.8 Å². The first kappa shape index (κ1) is 17.2. The molecule has 0 atom stereocenters. The van der Waals surface area contributed by atoms with Gasteiger partial charge in [0.2, 0.25) is 5.82 Å². The lowest BCUT2D eigenvalue weighted by atomic mass is 10.2. The van der Waals surface area contributed by atoms with Crippen LogP contribution in [0.5, 0.6) is 0 Å². The van der Waals surface area contributed by atoms with Crippen molar-refractivity contribution in [3.63, 3.8) is 0 Å². The number of nitrogens with zero attached hydrogens (tertiary/aromatic N) is 7. The second-order valence-electron chi connectivity index (χ2n) is 5.99. The number of nitriles is 1. The van der Waals surface area contributed by atoms with Crippen LogP contribution in [0.1, 0.15) is 17.0 Å². The number of rotatable bonds is 4. The molecule has 4 rings (SSSR count). The highest BCUT2D eigenvalue weighted by atomic mass is 16.5.